The first-order valence-electron chi connectivity index (χ1n) is 10.8. The van der Waals surface area contributed by atoms with Crippen molar-refractivity contribution >= 4 is 22.4 Å². The predicted octanol–water partition coefficient (Wildman–Crippen LogP) is 3.61. The largest absolute Gasteiger partial charge is 0.383 e. The molecule has 0 saturated heterocycles. The molecule has 0 unspecified atom stereocenters. The number of nitrogens with two attached hydrogens (primary N) is 1. The van der Waals surface area contributed by atoms with Crippen molar-refractivity contribution in [3.05, 3.63) is 58.0 Å². The quantitative estimate of drug-likeness (QED) is 0.450. The minimum Gasteiger partial charge on any atom is -0.383 e. The maximum absolute atomic E-state index is 13.6. The summed E-state index contributed by atoms with van der Waals surface area (Å²) in [6.07, 6.45) is 3.32. The number of aromatic nitrogens is 5. The molecule has 0 bridgehead atoms. The molecule has 166 valence electrons. The highest BCUT2D eigenvalue weighted by atomic mass is 16.5. The lowest BCUT2D eigenvalue weighted by molar-refractivity contribution is 0.425. The molecule has 1 aliphatic rings. The van der Waals surface area contributed by atoms with Crippen LogP contribution in [0.1, 0.15) is 55.9 Å². The van der Waals surface area contributed by atoms with E-state index in [1.165, 1.54) is 6.33 Å². The van der Waals surface area contributed by atoms with E-state index in [9.17, 15) is 4.79 Å². The number of nitrogen functional groups attached to an aromatic ring is 1. The maximum atomic E-state index is 13.6. The number of aryl methyl sites for hydroxylation is 1. The Balaban J connectivity index is 1.63. The molecule has 9 heteroatoms. The number of rotatable bonds is 5. The Hall–Kier alpha value is -4.19. The number of nitrogens with zero attached hydrogens (tertiary/aromatic N) is 5. The van der Waals surface area contributed by atoms with Crippen LogP contribution in [0.25, 0.3) is 22.2 Å². The summed E-state index contributed by atoms with van der Waals surface area (Å²) in [5, 5.41) is 8.74. The highest BCUT2D eigenvalue weighted by Gasteiger charge is 2.30. The highest BCUT2D eigenvalue weighted by Crippen LogP contribution is 2.38. The van der Waals surface area contributed by atoms with Crippen molar-refractivity contribution in [1.29, 1.82) is 0 Å². The van der Waals surface area contributed by atoms with Crippen LogP contribution in [0.2, 0.25) is 0 Å². The van der Waals surface area contributed by atoms with Crippen LogP contribution >= 0.6 is 0 Å². The van der Waals surface area contributed by atoms with Gasteiger partial charge in [-0.25, -0.2) is 9.97 Å². The van der Waals surface area contributed by atoms with Gasteiger partial charge in [0.1, 0.15) is 23.5 Å². The van der Waals surface area contributed by atoms with Crippen molar-refractivity contribution in [2.75, 3.05) is 11.1 Å². The van der Waals surface area contributed by atoms with Gasteiger partial charge in [0.2, 0.25) is 0 Å². The molecule has 33 heavy (non-hydrogen) atoms. The van der Waals surface area contributed by atoms with E-state index in [1.54, 1.807) is 13.8 Å². The second-order valence-electron chi connectivity index (χ2n) is 8.12. The van der Waals surface area contributed by atoms with Crippen molar-refractivity contribution in [1.82, 2.24) is 24.7 Å². The summed E-state index contributed by atoms with van der Waals surface area (Å²) in [6.45, 7) is 5.48. The molecule has 0 aliphatic heterocycles. The van der Waals surface area contributed by atoms with Gasteiger partial charge >= 0.3 is 0 Å². The van der Waals surface area contributed by atoms with Crippen LogP contribution in [0, 0.1) is 18.8 Å². The molecule has 1 fully saturated rings. The van der Waals surface area contributed by atoms with Gasteiger partial charge in [0, 0.05) is 17.3 Å². The zero-order chi connectivity index (χ0) is 23.1. The molecule has 1 saturated carbocycles. The van der Waals surface area contributed by atoms with Gasteiger partial charge in [-0.15, -0.1) is 5.92 Å². The molecule has 5 rings (SSSR count). The molecule has 1 aliphatic carbocycles. The topological polar surface area (TPSA) is 125 Å². The summed E-state index contributed by atoms with van der Waals surface area (Å²) in [5.74, 6) is 7.38. The van der Waals surface area contributed by atoms with Gasteiger partial charge in [-0.1, -0.05) is 23.2 Å². The first-order chi connectivity index (χ1) is 16.0. The minimum atomic E-state index is -0.263. The zero-order valence-electron chi connectivity index (χ0n) is 18.6. The summed E-state index contributed by atoms with van der Waals surface area (Å²) in [4.78, 5) is 26.3. The van der Waals surface area contributed by atoms with Crippen molar-refractivity contribution in [3.63, 3.8) is 0 Å². The fourth-order valence-corrected chi connectivity index (χ4v) is 4.07. The molecular weight excluding hydrogens is 418 g/mol. The summed E-state index contributed by atoms with van der Waals surface area (Å²) in [7, 11) is 0. The number of fused-ring (bicyclic) bond motifs is 1. The fraction of sp³-hybridized carbons (Fsp3) is 0.292. The van der Waals surface area contributed by atoms with E-state index < -0.39 is 0 Å². The lowest BCUT2D eigenvalue weighted by Crippen LogP contribution is -2.27. The summed E-state index contributed by atoms with van der Waals surface area (Å²) < 4.78 is 7.21. The molecular formula is C24H23N7O2. The standard InChI is InChI=1S/C24H23N7O2/c1-4-6-15-7-5-8-16-11-18(31(17-9-10-17)24(32)19(15)16)13(2)28-22-20(21(25)26-12-27-22)23-29-14(3)30-33-23/h5,7-8,11-13,17H,9-10H2,1-3H3,(H3,25,26,27,28)/t13-/m0/s1. The molecule has 0 amide bonds. The van der Waals surface area contributed by atoms with Crippen LogP contribution in [-0.2, 0) is 0 Å². The molecule has 9 nitrogen and oxygen atoms in total. The lowest BCUT2D eigenvalue weighted by atomic mass is 10.0. The van der Waals surface area contributed by atoms with Crippen LogP contribution in [-0.4, -0.2) is 24.7 Å². The summed E-state index contributed by atoms with van der Waals surface area (Å²) in [6, 6.07) is 7.72. The Morgan fingerprint density at radius 2 is 2.12 bits per heavy atom. The Labute approximate surface area is 190 Å². The number of hydrogen-bond acceptors (Lipinski definition) is 8. The Morgan fingerprint density at radius 3 is 2.82 bits per heavy atom. The number of anilines is 2. The Morgan fingerprint density at radius 1 is 1.30 bits per heavy atom. The number of benzene rings is 1. The monoisotopic (exact) mass is 441 g/mol. The second kappa shape index (κ2) is 8.06. The van der Waals surface area contributed by atoms with E-state index in [2.05, 4.69) is 43.3 Å². The van der Waals surface area contributed by atoms with E-state index in [-0.39, 0.29) is 29.4 Å². The van der Waals surface area contributed by atoms with E-state index >= 15 is 0 Å². The first kappa shape index (κ1) is 20.7. The van der Waals surface area contributed by atoms with Crippen molar-refractivity contribution in [3.8, 4) is 23.3 Å². The third-order valence-electron chi connectivity index (χ3n) is 5.70. The third-order valence-corrected chi connectivity index (χ3v) is 5.70. The van der Waals surface area contributed by atoms with Gasteiger partial charge in [-0.05, 0) is 51.1 Å². The molecule has 0 radical (unpaired) electrons. The highest BCUT2D eigenvalue weighted by molar-refractivity contribution is 5.88. The molecule has 3 aromatic heterocycles. The van der Waals surface area contributed by atoms with Crippen molar-refractivity contribution in [2.24, 2.45) is 0 Å². The Kier molecular flexibility index (Phi) is 5.05. The van der Waals surface area contributed by atoms with Gasteiger partial charge < -0.3 is 20.1 Å². The van der Waals surface area contributed by atoms with Crippen molar-refractivity contribution in [2.45, 2.75) is 45.7 Å². The van der Waals surface area contributed by atoms with Gasteiger partial charge in [0.25, 0.3) is 11.4 Å². The lowest BCUT2D eigenvalue weighted by Gasteiger charge is -2.22. The number of nitrogens with one attached hydrogen (secondary N) is 1. The van der Waals surface area contributed by atoms with E-state index in [0.717, 1.165) is 29.5 Å². The molecule has 3 N–H and O–H groups in total. The van der Waals surface area contributed by atoms with Crippen LogP contribution in [0.4, 0.5) is 11.6 Å². The Bertz CT molecular complexity index is 1490. The number of pyridine rings is 1. The van der Waals surface area contributed by atoms with E-state index in [4.69, 9.17) is 10.3 Å². The number of hydrogen-bond donors (Lipinski definition) is 2. The van der Waals surface area contributed by atoms with Gasteiger partial charge in [0.05, 0.1) is 11.4 Å². The van der Waals surface area contributed by atoms with Crippen LogP contribution < -0.4 is 16.6 Å². The van der Waals surface area contributed by atoms with Crippen LogP contribution in [0.3, 0.4) is 0 Å². The molecule has 4 aromatic rings. The van der Waals surface area contributed by atoms with Crippen LogP contribution in [0.15, 0.2) is 39.9 Å². The molecule has 0 spiro atoms. The smallest absolute Gasteiger partial charge is 0.265 e. The predicted molar refractivity (Wildman–Crippen MR) is 126 cm³/mol. The second-order valence-corrected chi connectivity index (χ2v) is 8.12. The van der Waals surface area contributed by atoms with E-state index in [1.807, 2.05) is 29.7 Å². The first-order valence-corrected chi connectivity index (χ1v) is 10.8. The van der Waals surface area contributed by atoms with Crippen LogP contribution in [0.5, 0.6) is 0 Å². The van der Waals surface area contributed by atoms with Crippen molar-refractivity contribution < 1.29 is 4.52 Å². The molecule has 1 atom stereocenters. The SMILES string of the molecule is CC#Cc1cccc2cc([C@H](C)Nc3ncnc(N)c3-c3nc(C)no3)n(C3CC3)c(=O)c12. The maximum Gasteiger partial charge on any atom is 0.265 e. The van der Waals surface area contributed by atoms with Gasteiger partial charge in [-0.2, -0.15) is 4.98 Å². The molecule has 3 heterocycles. The zero-order valence-corrected chi connectivity index (χ0v) is 18.6. The van der Waals surface area contributed by atoms with E-state index in [0.29, 0.717) is 22.6 Å². The normalized spacial score (nSPS) is 14.0. The minimum absolute atomic E-state index is 0.0213. The molecule has 1 aromatic carbocycles. The van der Waals surface area contributed by atoms with Gasteiger partial charge in [-0.3, -0.25) is 4.79 Å². The summed E-state index contributed by atoms with van der Waals surface area (Å²) in [5.41, 5.74) is 8.15. The fourth-order valence-electron chi connectivity index (χ4n) is 4.07. The van der Waals surface area contributed by atoms with Gasteiger partial charge in [0.15, 0.2) is 5.82 Å². The average Bonchev–Trinajstić information content (AvgIpc) is 3.54. The summed E-state index contributed by atoms with van der Waals surface area (Å²) >= 11 is 0. The third kappa shape index (κ3) is 3.69. The average molecular weight is 441 g/mol.